The Balaban J connectivity index is 2.76. The zero-order valence-electron chi connectivity index (χ0n) is 8.14. The molecule has 0 bridgehead atoms. The van der Waals surface area contributed by atoms with Crippen molar-refractivity contribution in [2.75, 3.05) is 5.33 Å². The summed E-state index contributed by atoms with van der Waals surface area (Å²) in [5.41, 5.74) is 0. The molecule has 15 heavy (non-hydrogen) atoms. The summed E-state index contributed by atoms with van der Waals surface area (Å²) in [7, 11) is 0. The molecule has 0 heterocycles. The van der Waals surface area contributed by atoms with Crippen molar-refractivity contribution in [1.29, 1.82) is 0 Å². The highest BCUT2D eigenvalue weighted by molar-refractivity contribution is 9.09. The van der Waals surface area contributed by atoms with Crippen molar-refractivity contribution < 1.29 is 14.4 Å². The molecule has 0 aliphatic carbocycles. The van der Waals surface area contributed by atoms with Gasteiger partial charge >= 0.3 is 0 Å². The van der Waals surface area contributed by atoms with Gasteiger partial charge in [0.2, 0.25) is 0 Å². The van der Waals surface area contributed by atoms with Gasteiger partial charge in [0, 0.05) is 6.92 Å². The van der Waals surface area contributed by atoms with Crippen LogP contribution in [-0.4, -0.2) is 22.2 Å². The highest BCUT2D eigenvalue weighted by Gasteiger charge is 2.18. The lowest BCUT2D eigenvalue weighted by molar-refractivity contribution is -0.168. The number of benzene rings is 1. The maximum atomic E-state index is 11.3. The number of hydrogen-bond acceptors (Lipinski definition) is 3. The van der Waals surface area contributed by atoms with Crippen LogP contribution in [0.2, 0.25) is 0 Å². The Kier molecular flexibility index (Phi) is 4.30. The predicted molar refractivity (Wildman–Crippen MR) is 58.4 cm³/mol. The Morgan fingerprint density at radius 1 is 1.33 bits per heavy atom. The normalized spacial score (nSPS) is 9.47. The van der Waals surface area contributed by atoms with Gasteiger partial charge in [0.1, 0.15) is 0 Å². The average Bonchev–Trinajstić information content (AvgIpc) is 2.26. The summed E-state index contributed by atoms with van der Waals surface area (Å²) < 4.78 is 0. The minimum absolute atomic E-state index is 0.0411. The van der Waals surface area contributed by atoms with Crippen LogP contribution in [0, 0.1) is 0 Å². The van der Waals surface area contributed by atoms with Gasteiger partial charge in [0.25, 0.3) is 11.8 Å². The summed E-state index contributed by atoms with van der Waals surface area (Å²) in [5.74, 6) is -0.448. The van der Waals surface area contributed by atoms with Gasteiger partial charge in [-0.25, -0.2) is 0 Å². The van der Waals surface area contributed by atoms with Gasteiger partial charge in [0.05, 0.1) is 5.33 Å². The lowest BCUT2D eigenvalue weighted by atomic mass is 10.3. The van der Waals surface area contributed by atoms with Gasteiger partial charge in [-0.05, 0) is 12.1 Å². The SMILES string of the molecule is CC(=O)N(Oc1ccccc1)C(=O)CBr. The molecule has 0 aliphatic rings. The number of hydrogen-bond donors (Lipinski definition) is 0. The summed E-state index contributed by atoms with van der Waals surface area (Å²) >= 11 is 2.97. The molecule has 0 unspecified atom stereocenters. The van der Waals surface area contributed by atoms with Crippen molar-refractivity contribution in [3.05, 3.63) is 30.3 Å². The largest absolute Gasteiger partial charge is 0.369 e. The van der Waals surface area contributed by atoms with Crippen LogP contribution in [0.3, 0.4) is 0 Å². The molecule has 80 valence electrons. The van der Waals surface area contributed by atoms with Gasteiger partial charge in [-0.15, -0.1) is 5.06 Å². The van der Waals surface area contributed by atoms with Crippen LogP contribution < -0.4 is 4.84 Å². The highest BCUT2D eigenvalue weighted by Crippen LogP contribution is 2.11. The van der Waals surface area contributed by atoms with E-state index in [0.29, 0.717) is 5.75 Å². The summed E-state index contributed by atoms with van der Waals surface area (Å²) in [6.45, 7) is 1.27. The predicted octanol–water partition coefficient (Wildman–Crippen LogP) is 1.75. The van der Waals surface area contributed by atoms with Gasteiger partial charge in [0.15, 0.2) is 5.75 Å². The van der Waals surface area contributed by atoms with E-state index < -0.39 is 11.8 Å². The molecule has 2 amide bonds. The molecule has 0 spiro atoms. The van der Waals surface area contributed by atoms with Crippen LogP contribution in [0.4, 0.5) is 0 Å². The molecule has 0 saturated carbocycles. The highest BCUT2D eigenvalue weighted by atomic mass is 79.9. The third-order valence-electron chi connectivity index (χ3n) is 1.57. The van der Waals surface area contributed by atoms with Crippen molar-refractivity contribution in [3.8, 4) is 5.75 Å². The summed E-state index contributed by atoms with van der Waals surface area (Å²) in [6, 6.07) is 8.66. The standard InChI is InChI=1S/C10H10BrNO3/c1-8(13)12(10(14)7-11)15-9-5-3-2-4-6-9/h2-6H,7H2,1H3. The molecule has 1 aromatic carbocycles. The fraction of sp³-hybridized carbons (Fsp3) is 0.200. The molecule has 0 aromatic heterocycles. The lowest BCUT2D eigenvalue weighted by Crippen LogP contribution is -2.38. The van der Waals surface area contributed by atoms with Gasteiger partial charge in [-0.3, -0.25) is 9.59 Å². The maximum Gasteiger partial charge on any atom is 0.273 e. The van der Waals surface area contributed by atoms with E-state index in [1.165, 1.54) is 6.92 Å². The first-order valence-corrected chi connectivity index (χ1v) is 5.40. The molecule has 0 aliphatic heterocycles. The number of alkyl halides is 1. The lowest BCUT2D eigenvalue weighted by Gasteiger charge is -2.17. The third kappa shape index (κ3) is 3.36. The molecule has 0 N–H and O–H groups in total. The van der Waals surface area contributed by atoms with Crippen molar-refractivity contribution >= 4 is 27.7 Å². The monoisotopic (exact) mass is 271 g/mol. The van der Waals surface area contributed by atoms with Gasteiger partial charge in [-0.2, -0.15) is 0 Å². The molecule has 5 heteroatoms. The Hall–Kier alpha value is -1.36. The second-order valence-electron chi connectivity index (χ2n) is 2.75. The van der Waals surface area contributed by atoms with Crippen molar-refractivity contribution in [2.45, 2.75) is 6.92 Å². The van der Waals surface area contributed by atoms with E-state index >= 15 is 0 Å². The van der Waals surface area contributed by atoms with Crippen molar-refractivity contribution in [3.63, 3.8) is 0 Å². The Bertz CT molecular complexity index is 353. The van der Waals surface area contributed by atoms with E-state index in [-0.39, 0.29) is 5.33 Å². The van der Waals surface area contributed by atoms with E-state index in [4.69, 9.17) is 4.84 Å². The molecule has 0 atom stereocenters. The van der Waals surface area contributed by atoms with E-state index in [1.54, 1.807) is 24.3 Å². The first-order valence-electron chi connectivity index (χ1n) is 4.27. The Labute approximate surface area is 95.9 Å². The number of imide groups is 1. The van der Waals surface area contributed by atoms with Crippen LogP contribution in [0.1, 0.15) is 6.92 Å². The number of rotatable bonds is 3. The summed E-state index contributed by atoms with van der Waals surface area (Å²) in [5, 5.41) is 0.767. The molecule has 4 nitrogen and oxygen atoms in total. The first kappa shape index (κ1) is 11.7. The summed E-state index contributed by atoms with van der Waals surface area (Å²) in [4.78, 5) is 27.5. The second-order valence-corrected chi connectivity index (χ2v) is 3.31. The molecule has 0 radical (unpaired) electrons. The summed E-state index contributed by atoms with van der Waals surface area (Å²) in [6.07, 6.45) is 0. The Morgan fingerprint density at radius 2 is 1.93 bits per heavy atom. The van der Waals surface area contributed by atoms with Crippen molar-refractivity contribution in [2.24, 2.45) is 0 Å². The smallest absolute Gasteiger partial charge is 0.273 e. The molecule has 0 fully saturated rings. The minimum atomic E-state index is -0.455. The average molecular weight is 272 g/mol. The molecular formula is C10H10BrNO3. The van der Waals surface area contributed by atoms with Crippen LogP contribution in [0.25, 0.3) is 0 Å². The van der Waals surface area contributed by atoms with E-state index in [9.17, 15) is 9.59 Å². The zero-order valence-corrected chi connectivity index (χ0v) is 9.73. The molecule has 0 saturated heterocycles. The number of hydroxylamine groups is 2. The van der Waals surface area contributed by atoms with E-state index in [1.807, 2.05) is 6.07 Å². The minimum Gasteiger partial charge on any atom is -0.369 e. The van der Waals surface area contributed by atoms with Gasteiger partial charge in [-0.1, -0.05) is 34.1 Å². The van der Waals surface area contributed by atoms with Crippen LogP contribution in [0.5, 0.6) is 5.75 Å². The van der Waals surface area contributed by atoms with E-state index in [2.05, 4.69) is 15.9 Å². The number of amides is 2. The fourth-order valence-corrected chi connectivity index (χ4v) is 1.16. The second kappa shape index (κ2) is 5.50. The third-order valence-corrected chi connectivity index (χ3v) is 2.05. The topological polar surface area (TPSA) is 46.6 Å². The Morgan fingerprint density at radius 3 is 2.40 bits per heavy atom. The number of halogens is 1. The van der Waals surface area contributed by atoms with Gasteiger partial charge < -0.3 is 4.84 Å². The number of carbonyl (C=O) groups is 2. The number of carbonyl (C=O) groups excluding carboxylic acids is 2. The van der Waals surface area contributed by atoms with Crippen LogP contribution >= 0.6 is 15.9 Å². The van der Waals surface area contributed by atoms with E-state index in [0.717, 1.165) is 5.06 Å². The van der Waals surface area contributed by atoms with Crippen molar-refractivity contribution in [1.82, 2.24) is 5.06 Å². The number of para-hydroxylation sites is 1. The number of nitrogens with zero attached hydrogens (tertiary/aromatic N) is 1. The van der Waals surface area contributed by atoms with Crippen LogP contribution in [0.15, 0.2) is 30.3 Å². The maximum absolute atomic E-state index is 11.3. The molecule has 1 aromatic rings. The molecule has 1 rings (SSSR count). The zero-order chi connectivity index (χ0) is 11.3. The van der Waals surface area contributed by atoms with Crippen LogP contribution in [-0.2, 0) is 9.59 Å². The first-order chi connectivity index (χ1) is 7.15. The quantitative estimate of drug-likeness (QED) is 0.622. The molecular weight excluding hydrogens is 262 g/mol. The fourth-order valence-electron chi connectivity index (χ4n) is 0.932.